The molecule has 1 aliphatic carbocycles. The van der Waals surface area contributed by atoms with E-state index in [1.54, 1.807) is 0 Å². The van der Waals surface area contributed by atoms with Gasteiger partial charge in [-0.25, -0.2) is 4.79 Å². The molecule has 154 valence electrons. The molecule has 1 aromatic rings. The normalized spacial score (nSPS) is 17.6. The first-order valence-corrected chi connectivity index (χ1v) is 10.3. The topological polar surface area (TPSA) is 97.4 Å². The molecule has 0 bridgehead atoms. The van der Waals surface area contributed by atoms with Crippen molar-refractivity contribution in [2.24, 2.45) is 17.8 Å². The molecule has 1 heterocycles. The van der Waals surface area contributed by atoms with Gasteiger partial charge in [-0.15, -0.1) is 5.10 Å². The number of hydrogen-bond donors (Lipinski definition) is 2. The first kappa shape index (κ1) is 21.7. The Kier molecular flexibility index (Phi) is 8.07. The number of hydrogen-bond acceptors (Lipinski definition) is 5. The molecular formula is C20H35N3O4. The van der Waals surface area contributed by atoms with Crippen molar-refractivity contribution in [3.63, 3.8) is 0 Å². The maximum absolute atomic E-state index is 12.4. The molecule has 7 nitrogen and oxygen atoms in total. The summed E-state index contributed by atoms with van der Waals surface area (Å²) in [7, 11) is 0. The first-order chi connectivity index (χ1) is 12.8. The third-order valence-corrected chi connectivity index (χ3v) is 5.12. The minimum atomic E-state index is -1.14. The number of nitrogens with zero attached hydrogens (tertiary/aromatic N) is 2. The fraction of sp³-hybridized carbons (Fsp3) is 0.850. The Hall–Kier alpha value is -1.63. The highest BCUT2D eigenvalue weighted by molar-refractivity contribution is 5.76. The Bertz CT molecular complexity index is 644. The molecule has 2 N–H and O–H groups in total. The zero-order valence-electron chi connectivity index (χ0n) is 17.1. The molecule has 1 aromatic heterocycles. The summed E-state index contributed by atoms with van der Waals surface area (Å²) in [6.07, 6.45) is 5.76. The zero-order chi connectivity index (χ0) is 20.0. The van der Waals surface area contributed by atoms with Gasteiger partial charge in [0.05, 0.1) is 12.6 Å². The van der Waals surface area contributed by atoms with E-state index in [1.807, 2.05) is 27.7 Å². The monoisotopic (exact) mass is 381 g/mol. The molecule has 7 heteroatoms. The molecule has 2 rings (SSSR count). The maximum Gasteiger partial charge on any atom is 0.437 e. The molecule has 2 unspecified atom stereocenters. The van der Waals surface area contributed by atoms with Gasteiger partial charge in [0.2, 0.25) is 11.8 Å². The van der Waals surface area contributed by atoms with Crippen LogP contribution in [0.3, 0.4) is 0 Å². The van der Waals surface area contributed by atoms with Crippen molar-refractivity contribution >= 4 is 5.91 Å². The first-order valence-electron chi connectivity index (χ1n) is 10.3. The van der Waals surface area contributed by atoms with Crippen LogP contribution in [0.15, 0.2) is 9.21 Å². The minimum absolute atomic E-state index is 0.0256. The van der Waals surface area contributed by atoms with E-state index in [4.69, 9.17) is 4.42 Å². The van der Waals surface area contributed by atoms with Gasteiger partial charge in [-0.1, -0.05) is 53.4 Å². The van der Waals surface area contributed by atoms with E-state index in [2.05, 4.69) is 10.4 Å². The summed E-state index contributed by atoms with van der Waals surface area (Å²) in [6.45, 7) is 8.43. The van der Waals surface area contributed by atoms with Gasteiger partial charge < -0.3 is 14.8 Å². The van der Waals surface area contributed by atoms with Crippen LogP contribution in [0.5, 0.6) is 0 Å². The smallest absolute Gasteiger partial charge is 0.389 e. The van der Waals surface area contributed by atoms with Crippen LogP contribution < -0.4 is 11.1 Å². The van der Waals surface area contributed by atoms with Crippen molar-refractivity contribution < 1.29 is 14.3 Å². The molecule has 27 heavy (non-hydrogen) atoms. The van der Waals surface area contributed by atoms with Crippen LogP contribution in [0.4, 0.5) is 0 Å². The summed E-state index contributed by atoms with van der Waals surface area (Å²) < 4.78 is 6.39. The van der Waals surface area contributed by atoms with Gasteiger partial charge in [0.25, 0.3) is 0 Å². The van der Waals surface area contributed by atoms with Crippen LogP contribution in [0.25, 0.3) is 0 Å². The van der Waals surface area contributed by atoms with Crippen LogP contribution in [-0.4, -0.2) is 26.8 Å². The van der Waals surface area contributed by atoms with Gasteiger partial charge in [0.1, 0.15) is 0 Å². The standard InChI is InChI=1S/C20H35N3O4/c1-13(2)11-16(21-17(24)10-9-15-7-5-6-8-15)18(25)19-22-23(12-14(3)4)20(26)27-19/h13-16,18,25H,5-12H2,1-4H3,(H,21,24). The van der Waals surface area contributed by atoms with Crippen molar-refractivity contribution in [3.8, 4) is 0 Å². The van der Waals surface area contributed by atoms with E-state index in [1.165, 1.54) is 30.4 Å². The van der Waals surface area contributed by atoms with Crippen molar-refractivity contribution in [1.29, 1.82) is 0 Å². The second kappa shape index (κ2) is 10.1. The lowest BCUT2D eigenvalue weighted by Gasteiger charge is -2.24. The number of aliphatic hydroxyl groups excluding tert-OH is 1. The quantitative estimate of drug-likeness (QED) is 0.649. The number of nitrogens with one attached hydrogen (secondary N) is 1. The van der Waals surface area contributed by atoms with Gasteiger partial charge in [-0.05, 0) is 30.6 Å². The van der Waals surface area contributed by atoms with E-state index >= 15 is 0 Å². The SMILES string of the molecule is CC(C)CC(NC(=O)CCC1CCCC1)C(O)c1nn(CC(C)C)c(=O)o1. The number of amides is 1. The molecular weight excluding hydrogens is 346 g/mol. The Labute approximate surface area is 161 Å². The molecule has 1 fully saturated rings. The fourth-order valence-corrected chi connectivity index (χ4v) is 3.76. The molecule has 0 spiro atoms. The van der Waals surface area contributed by atoms with Gasteiger partial charge in [0, 0.05) is 6.42 Å². The zero-order valence-corrected chi connectivity index (χ0v) is 17.1. The van der Waals surface area contributed by atoms with Gasteiger partial charge in [0.15, 0.2) is 6.10 Å². The van der Waals surface area contributed by atoms with E-state index in [0.29, 0.717) is 25.3 Å². The lowest BCUT2D eigenvalue weighted by molar-refractivity contribution is -0.123. The number of aromatic nitrogens is 2. The summed E-state index contributed by atoms with van der Waals surface area (Å²) in [4.78, 5) is 24.3. The van der Waals surface area contributed by atoms with Crippen LogP contribution in [0.2, 0.25) is 0 Å². The molecule has 2 atom stereocenters. The van der Waals surface area contributed by atoms with Crippen molar-refractivity contribution in [3.05, 3.63) is 16.4 Å². The number of aliphatic hydroxyl groups is 1. The maximum atomic E-state index is 12.4. The lowest BCUT2D eigenvalue weighted by atomic mass is 9.97. The van der Waals surface area contributed by atoms with Crippen molar-refractivity contribution in [1.82, 2.24) is 15.1 Å². The Morgan fingerprint density at radius 2 is 1.93 bits per heavy atom. The average molecular weight is 382 g/mol. The minimum Gasteiger partial charge on any atom is -0.389 e. The Morgan fingerprint density at radius 1 is 1.26 bits per heavy atom. The average Bonchev–Trinajstić information content (AvgIpc) is 3.21. The predicted octanol–water partition coefficient (Wildman–Crippen LogP) is 3.03. The molecule has 1 aliphatic rings. The summed E-state index contributed by atoms with van der Waals surface area (Å²) >= 11 is 0. The van der Waals surface area contributed by atoms with Gasteiger partial charge >= 0.3 is 5.76 Å². The van der Waals surface area contributed by atoms with Gasteiger partial charge in [-0.3, -0.25) is 4.79 Å². The molecule has 1 saturated carbocycles. The van der Waals surface area contributed by atoms with Crippen LogP contribution in [0.1, 0.15) is 84.6 Å². The van der Waals surface area contributed by atoms with Crippen molar-refractivity contribution in [2.45, 2.75) is 91.3 Å². The third-order valence-electron chi connectivity index (χ3n) is 5.12. The van der Waals surface area contributed by atoms with E-state index in [-0.39, 0.29) is 23.6 Å². The number of rotatable bonds is 10. The third kappa shape index (κ3) is 6.79. The molecule has 1 amide bonds. The Balaban J connectivity index is 2.01. The lowest BCUT2D eigenvalue weighted by Crippen LogP contribution is -2.40. The Morgan fingerprint density at radius 3 is 2.52 bits per heavy atom. The highest BCUT2D eigenvalue weighted by atomic mass is 16.4. The second-order valence-electron chi connectivity index (χ2n) is 8.72. The van der Waals surface area contributed by atoms with E-state index < -0.39 is 17.9 Å². The highest BCUT2D eigenvalue weighted by Gasteiger charge is 2.29. The van der Waals surface area contributed by atoms with Crippen LogP contribution in [-0.2, 0) is 11.3 Å². The summed E-state index contributed by atoms with van der Waals surface area (Å²) in [5, 5.41) is 17.8. The van der Waals surface area contributed by atoms with Crippen molar-refractivity contribution in [2.75, 3.05) is 0 Å². The van der Waals surface area contributed by atoms with Crippen LogP contribution in [0, 0.1) is 17.8 Å². The van der Waals surface area contributed by atoms with Crippen LogP contribution >= 0.6 is 0 Å². The molecule has 0 aliphatic heterocycles. The van der Waals surface area contributed by atoms with Gasteiger partial charge in [-0.2, -0.15) is 4.68 Å². The highest BCUT2D eigenvalue weighted by Crippen LogP contribution is 2.28. The largest absolute Gasteiger partial charge is 0.437 e. The molecule has 0 aromatic carbocycles. The summed E-state index contributed by atoms with van der Waals surface area (Å²) in [5.74, 6) is 0.490. The van der Waals surface area contributed by atoms with E-state index in [0.717, 1.165) is 6.42 Å². The van der Waals surface area contributed by atoms with E-state index in [9.17, 15) is 14.7 Å². The molecule has 0 radical (unpaired) electrons. The summed E-state index contributed by atoms with van der Waals surface area (Å²) in [5.41, 5.74) is 0. The summed E-state index contributed by atoms with van der Waals surface area (Å²) in [6, 6.07) is -0.522. The molecule has 0 saturated heterocycles. The predicted molar refractivity (Wildman–Crippen MR) is 103 cm³/mol. The number of carbonyl (C=O) groups is 1. The fourth-order valence-electron chi connectivity index (χ4n) is 3.76. The number of carbonyl (C=O) groups excluding carboxylic acids is 1. The second-order valence-corrected chi connectivity index (χ2v) is 8.72.